The van der Waals surface area contributed by atoms with E-state index in [1.165, 1.54) is 37.8 Å². The molecule has 0 radical (unpaired) electrons. The largest absolute Gasteiger partial charge is 0.418 e. The van der Waals surface area contributed by atoms with Crippen molar-refractivity contribution in [3.8, 4) is 0 Å². The minimum absolute atomic E-state index is 0.208. The molecule has 0 atom stereocenters. The number of rotatable bonds is 3. The van der Waals surface area contributed by atoms with Crippen LogP contribution < -0.4 is 5.32 Å². The predicted octanol–water partition coefficient (Wildman–Crippen LogP) is 5.09. The molecule has 1 aromatic carbocycles. The van der Waals surface area contributed by atoms with Gasteiger partial charge in [0, 0.05) is 12.2 Å². The van der Waals surface area contributed by atoms with Gasteiger partial charge in [-0.05, 0) is 30.9 Å². The maximum Gasteiger partial charge on any atom is 0.418 e. The Kier molecular flexibility index (Phi) is 4.72. The lowest BCUT2D eigenvalue weighted by Crippen LogP contribution is -2.17. The number of benzene rings is 1. The maximum atomic E-state index is 12.8. The Hall–Kier alpha value is -1.19. The summed E-state index contributed by atoms with van der Waals surface area (Å²) in [6.07, 6.45) is 2.89. The first-order valence-electron chi connectivity index (χ1n) is 6.97. The highest BCUT2D eigenvalue weighted by Gasteiger charge is 2.33. The van der Waals surface area contributed by atoms with Crippen molar-refractivity contribution in [1.82, 2.24) is 0 Å². The number of hydrogen-bond acceptors (Lipinski definition) is 1. The zero-order chi connectivity index (χ0) is 13.7. The minimum atomic E-state index is -4.28. The van der Waals surface area contributed by atoms with E-state index in [-0.39, 0.29) is 5.69 Å². The zero-order valence-electron chi connectivity index (χ0n) is 11.0. The van der Waals surface area contributed by atoms with Gasteiger partial charge >= 0.3 is 6.18 Å². The molecule has 1 fully saturated rings. The van der Waals surface area contributed by atoms with Crippen molar-refractivity contribution in [3.05, 3.63) is 29.8 Å². The van der Waals surface area contributed by atoms with Gasteiger partial charge in [-0.25, -0.2) is 0 Å². The summed E-state index contributed by atoms with van der Waals surface area (Å²) in [6.45, 7) is 0.646. The van der Waals surface area contributed by atoms with E-state index in [9.17, 15) is 13.2 Å². The second kappa shape index (κ2) is 6.31. The summed E-state index contributed by atoms with van der Waals surface area (Å²) in [5, 5.41) is 3.00. The van der Waals surface area contributed by atoms with Crippen LogP contribution in [0, 0.1) is 5.92 Å². The summed E-state index contributed by atoms with van der Waals surface area (Å²) in [5.41, 5.74) is -0.358. The van der Waals surface area contributed by atoms with E-state index in [0.717, 1.165) is 18.9 Å². The quantitative estimate of drug-likeness (QED) is 0.755. The molecule has 0 aromatic heterocycles. The molecule has 1 saturated carbocycles. The van der Waals surface area contributed by atoms with Crippen LogP contribution in [0.25, 0.3) is 0 Å². The molecular formula is C15H20F3N. The van der Waals surface area contributed by atoms with Crippen LogP contribution in [0.3, 0.4) is 0 Å². The van der Waals surface area contributed by atoms with E-state index in [2.05, 4.69) is 5.32 Å². The molecule has 4 heteroatoms. The van der Waals surface area contributed by atoms with Crippen molar-refractivity contribution < 1.29 is 13.2 Å². The number of para-hydroxylation sites is 1. The van der Waals surface area contributed by atoms with Crippen LogP contribution in [-0.4, -0.2) is 6.54 Å². The Morgan fingerprint density at radius 3 is 2.26 bits per heavy atom. The Morgan fingerprint density at radius 2 is 1.63 bits per heavy atom. The van der Waals surface area contributed by atoms with Gasteiger partial charge in [0.25, 0.3) is 0 Å². The van der Waals surface area contributed by atoms with E-state index in [1.54, 1.807) is 6.07 Å². The first-order chi connectivity index (χ1) is 9.07. The third kappa shape index (κ3) is 4.15. The molecule has 1 aromatic rings. The maximum absolute atomic E-state index is 12.8. The van der Waals surface area contributed by atoms with Gasteiger partial charge in [0.15, 0.2) is 0 Å². The van der Waals surface area contributed by atoms with Crippen molar-refractivity contribution in [2.24, 2.45) is 5.92 Å². The van der Waals surface area contributed by atoms with E-state index < -0.39 is 11.7 Å². The van der Waals surface area contributed by atoms with Crippen LogP contribution in [0.1, 0.15) is 44.1 Å². The lowest BCUT2D eigenvalue weighted by atomic mass is 10.00. The monoisotopic (exact) mass is 271 g/mol. The van der Waals surface area contributed by atoms with Gasteiger partial charge in [-0.3, -0.25) is 0 Å². The standard InChI is InChI=1S/C15H20F3N/c16-15(17,18)13-9-5-6-10-14(13)19-11-12-7-3-1-2-4-8-12/h5-6,9-10,12,19H,1-4,7-8,11H2. The Bertz CT molecular complexity index is 393. The van der Waals surface area contributed by atoms with Gasteiger partial charge in [0.2, 0.25) is 0 Å². The fourth-order valence-corrected chi connectivity index (χ4v) is 2.71. The first kappa shape index (κ1) is 14.2. The fourth-order valence-electron chi connectivity index (χ4n) is 2.71. The van der Waals surface area contributed by atoms with E-state index >= 15 is 0 Å². The number of anilines is 1. The first-order valence-corrected chi connectivity index (χ1v) is 6.97. The SMILES string of the molecule is FC(F)(F)c1ccccc1NCC1CCCCCC1. The molecule has 0 unspecified atom stereocenters. The van der Waals surface area contributed by atoms with Crippen molar-refractivity contribution in [3.63, 3.8) is 0 Å². The van der Waals surface area contributed by atoms with Gasteiger partial charge in [-0.15, -0.1) is 0 Å². The lowest BCUT2D eigenvalue weighted by Gasteiger charge is -2.18. The molecule has 0 bridgehead atoms. The molecule has 0 aliphatic heterocycles. The number of alkyl halides is 3. The number of halogens is 3. The molecule has 1 N–H and O–H groups in total. The Labute approximate surface area is 112 Å². The smallest absolute Gasteiger partial charge is 0.384 e. The van der Waals surface area contributed by atoms with E-state index in [1.807, 2.05) is 0 Å². The molecule has 2 rings (SSSR count). The molecule has 1 aliphatic rings. The van der Waals surface area contributed by atoms with E-state index in [0.29, 0.717) is 12.5 Å². The second-order valence-electron chi connectivity index (χ2n) is 5.28. The highest BCUT2D eigenvalue weighted by atomic mass is 19.4. The van der Waals surface area contributed by atoms with Crippen molar-refractivity contribution in [1.29, 1.82) is 0 Å². The van der Waals surface area contributed by atoms with Crippen molar-refractivity contribution in [2.45, 2.75) is 44.7 Å². The molecular weight excluding hydrogens is 251 g/mol. The van der Waals surface area contributed by atoms with E-state index in [4.69, 9.17) is 0 Å². The summed E-state index contributed by atoms with van der Waals surface area (Å²) in [6, 6.07) is 5.72. The van der Waals surface area contributed by atoms with Crippen LogP contribution >= 0.6 is 0 Å². The molecule has 106 valence electrons. The topological polar surface area (TPSA) is 12.0 Å². The summed E-state index contributed by atoms with van der Waals surface area (Å²) in [4.78, 5) is 0. The third-order valence-electron chi connectivity index (χ3n) is 3.79. The fraction of sp³-hybridized carbons (Fsp3) is 0.600. The lowest BCUT2D eigenvalue weighted by molar-refractivity contribution is -0.136. The van der Waals surface area contributed by atoms with Crippen LogP contribution in [0.15, 0.2) is 24.3 Å². The average Bonchev–Trinajstić information content (AvgIpc) is 2.64. The molecule has 0 saturated heterocycles. The average molecular weight is 271 g/mol. The molecule has 19 heavy (non-hydrogen) atoms. The highest BCUT2D eigenvalue weighted by Crippen LogP contribution is 2.35. The van der Waals surface area contributed by atoms with Gasteiger partial charge in [0.05, 0.1) is 5.56 Å². The molecule has 1 nitrogen and oxygen atoms in total. The van der Waals surface area contributed by atoms with Crippen LogP contribution in [-0.2, 0) is 6.18 Å². The van der Waals surface area contributed by atoms with Crippen LogP contribution in [0.4, 0.5) is 18.9 Å². The Balaban J connectivity index is 1.99. The molecule has 0 spiro atoms. The van der Waals surface area contributed by atoms with Gasteiger partial charge in [-0.1, -0.05) is 37.8 Å². The second-order valence-corrected chi connectivity index (χ2v) is 5.28. The van der Waals surface area contributed by atoms with Crippen LogP contribution in [0.5, 0.6) is 0 Å². The number of nitrogens with one attached hydrogen (secondary N) is 1. The third-order valence-corrected chi connectivity index (χ3v) is 3.79. The zero-order valence-corrected chi connectivity index (χ0v) is 11.0. The Morgan fingerprint density at radius 1 is 1.00 bits per heavy atom. The summed E-state index contributed by atoms with van der Waals surface area (Å²) < 4.78 is 38.5. The van der Waals surface area contributed by atoms with Crippen molar-refractivity contribution >= 4 is 5.69 Å². The number of hydrogen-bond donors (Lipinski definition) is 1. The van der Waals surface area contributed by atoms with Crippen LogP contribution in [0.2, 0.25) is 0 Å². The normalized spacial score (nSPS) is 18.1. The van der Waals surface area contributed by atoms with Gasteiger partial charge in [-0.2, -0.15) is 13.2 Å². The van der Waals surface area contributed by atoms with Crippen molar-refractivity contribution in [2.75, 3.05) is 11.9 Å². The minimum Gasteiger partial charge on any atom is -0.384 e. The summed E-state index contributed by atoms with van der Waals surface area (Å²) in [7, 11) is 0. The predicted molar refractivity (Wildman–Crippen MR) is 71.1 cm³/mol. The summed E-state index contributed by atoms with van der Waals surface area (Å²) in [5.74, 6) is 0.504. The molecule has 1 aliphatic carbocycles. The van der Waals surface area contributed by atoms with Gasteiger partial charge < -0.3 is 5.32 Å². The van der Waals surface area contributed by atoms with Gasteiger partial charge in [0.1, 0.15) is 0 Å². The summed E-state index contributed by atoms with van der Waals surface area (Å²) >= 11 is 0. The molecule has 0 amide bonds. The molecule has 0 heterocycles. The highest BCUT2D eigenvalue weighted by molar-refractivity contribution is 5.52.